The summed E-state index contributed by atoms with van der Waals surface area (Å²) >= 11 is 0. The molecule has 5 heteroatoms. The van der Waals surface area contributed by atoms with Crippen molar-refractivity contribution in [3.05, 3.63) is 0 Å². The molecule has 1 fully saturated rings. The van der Waals surface area contributed by atoms with Crippen molar-refractivity contribution in [3.63, 3.8) is 0 Å². The Hall–Kier alpha value is 0.390. The van der Waals surface area contributed by atoms with Gasteiger partial charge in [0.15, 0.2) is 0 Å². The monoisotopic (exact) mass is 182 g/mol. The van der Waals surface area contributed by atoms with Crippen molar-refractivity contribution >= 4 is 5.97 Å². The van der Waals surface area contributed by atoms with E-state index in [4.69, 9.17) is 4.74 Å². The maximum absolute atomic E-state index is 10.3. The Balaban J connectivity index is 0.00000121. The predicted octanol–water partition coefficient (Wildman–Crippen LogP) is -4.47. The van der Waals surface area contributed by atoms with E-state index >= 15 is 0 Å². The summed E-state index contributed by atoms with van der Waals surface area (Å²) in [6.45, 7) is 2.11. The summed E-state index contributed by atoms with van der Waals surface area (Å²) in [6, 6.07) is 0. The average molecular weight is 182 g/mol. The number of aliphatic hydroxyl groups excluding tert-OH is 1. The van der Waals surface area contributed by atoms with Crippen LogP contribution in [0.15, 0.2) is 0 Å². The third-order valence-electron chi connectivity index (χ3n) is 1.94. The van der Waals surface area contributed by atoms with Crippen molar-refractivity contribution in [2.24, 2.45) is 5.92 Å². The molecule has 1 heterocycles. The number of carboxylic acid groups (broad SMARTS) is 1. The van der Waals surface area contributed by atoms with Crippen LogP contribution in [-0.4, -0.2) is 29.9 Å². The van der Waals surface area contributed by atoms with Crippen LogP contribution in [0.2, 0.25) is 0 Å². The second-order valence-electron chi connectivity index (χ2n) is 2.92. The van der Waals surface area contributed by atoms with E-state index in [-0.39, 0.29) is 41.9 Å². The molecule has 12 heavy (non-hydrogen) atoms. The van der Waals surface area contributed by atoms with Gasteiger partial charge < -0.3 is 19.7 Å². The molecule has 0 aromatic carbocycles. The molecule has 2 unspecified atom stereocenters. The van der Waals surface area contributed by atoms with Crippen LogP contribution in [0.1, 0.15) is 13.3 Å². The number of hydrogen-bond donors (Lipinski definition) is 1. The van der Waals surface area contributed by atoms with Gasteiger partial charge in [-0.3, -0.25) is 0 Å². The summed E-state index contributed by atoms with van der Waals surface area (Å²) in [4.78, 5) is 10.3. The minimum Gasteiger partial charge on any atom is -0.547 e. The molecule has 0 bridgehead atoms. The second-order valence-corrected chi connectivity index (χ2v) is 2.92. The summed E-state index contributed by atoms with van der Waals surface area (Å²) in [5, 5.41) is 19.5. The standard InChI is InChI=1S/C7H12O4.Na/c1-4-3-11-6(7(9)10)2-5(4)8;/h4-6,8H,2-3H2,1H3,(H,9,10);/q;+1/p-1/t4?,5-,6?;/m0./s1. The van der Waals surface area contributed by atoms with Gasteiger partial charge >= 0.3 is 29.6 Å². The minimum absolute atomic E-state index is 0. The third kappa shape index (κ3) is 3.03. The molecule has 0 aromatic rings. The smallest absolute Gasteiger partial charge is 0.547 e. The van der Waals surface area contributed by atoms with Gasteiger partial charge in [0.1, 0.15) is 0 Å². The van der Waals surface area contributed by atoms with Crippen molar-refractivity contribution in [1.82, 2.24) is 0 Å². The number of carbonyl (C=O) groups is 1. The van der Waals surface area contributed by atoms with Gasteiger partial charge in [-0.25, -0.2) is 0 Å². The number of aliphatic carboxylic acids is 1. The van der Waals surface area contributed by atoms with E-state index in [9.17, 15) is 15.0 Å². The molecule has 1 saturated heterocycles. The molecule has 1 N–H and O–H groups in total. The zero-order valence-electron chi connectivity index (χ0n) is 7.32. The quantitative estimate of drug-likeness (QED) is 0.415. The van der Waals surface area contributed by atoms with E-state index < -0.39 is 18.2 Å². The van der Waals surface area contributed by atoms with E-state index in [0.29, 0.717) is 6.61 Å². The van der Waals surface area contributed by atoms with E-state index in [2.05, 4.69) is 0 Å². The number of rotatable bonds is 1. The molecule has 0 aliphatic carbocycles. The summed E-state index contributed by atoms with van der Waals surface area (Å²) in [5.74, 6) is -1.22. The Labute approximate surface area is 93.2 Å². The van der Waals surface area contributed by atoms with Crippen molar-refractivity contribution in [1.29, 1.82) is 0 Å². The third-order valence-corrected chi connectivity index (χ3v) is 1.94. The summed E-state index contributed by atoms with van der Waals surface area (Å²) in [6.07, 6.45) is -1.36. The van der Waals surface area contributed by atoms with Gasteiger partial charge in [0, 0.05) is 12.3 Å². The van der Waals surface area contributed by atoms with Gasteiger partial charge in [0.25, 0.3) is 0 Å². The van der Waals surface area contributed by atoms with Crippen LogP contribution in [0.25, 0.3) is 0 Å². The van der Waals surface area contributed by atoms with Crippen LogP contribution in [0.5, 0.6) is 0 Å². The molecule has 0 spiro atoms. The van der Waals surface area contributed by atoms with Crippen LogP contribution < -0.4 is 34.7 Å². The largest absolute Gasteiger partial charge is 1.00 e. The first-order valence-corrected chi connectivity index (χ1v) is 3.61. The summed E-state index contributed by atoms with van der Waals surface area (Å²) < 4.78 is 4.90. The maximum Gasteiger partial charge on any atom is 1.00 e. The molecule has 3 atom stereocenters. The van der Waals surface area contributed by atoms with Gasteiger partial charge in [0.05, 0.1) is 24.8 Å². The second kappa shape index (κ2) is 5.19. The number of carboxylic acids is 1. The topological polar surface area (TPSA) is 69.6 Å². The van der Waals surface area contributed by atoms with Gasteiger partial charge in [-0.2, -0.15) is 0 Å². The fourth-order valence-electron chi connectivity index (χ4n) is 1.06. The Kier molecular flexibility index (Phi) is 5.36. The molecule has 4 nitrogen and oxygen atoms in total. The number of hydrogen-bond acceptors (Lipinski definition) is 4. The fourth-order valence-corrected chi connectivity index (χ4v) is 1.06. The van der Waals surface area contributed by atoms with E-state index in [0.717, 1.165) is 0 Å². The molecule has 0 amide bonds. The normalized spacial score (nSPS) is 35.3. The first-order chi connectivity index (χ1) is 5.11. The Morgan fingerprint density at radius 2 is 2.25 bits per heavy atom. The Morgan fingerprint density at radius 3 is 2.67 bits per heavy atom. The van der Waals surface area contributed by atoms with Crippen LogP contribution in [0, 0.1) is 5.92 Å². The molecular weight excluding hydrogens is 171 g/mol. The van der Waals surface area contributed by atoms with E-state index in [1.54, 1.807) is 0 Å². The predicted molar refractivity (Wildman–Crippen MR) is 34.5 cm³/mol. The van der Waals surface area contributed by atoms with Crippen molar-refractivity contribution in [2.45, 2.75) is 25.6 Å². The van der Waals surface area contributed by atoms with Gasteiger partial charge in [0.2, 0.25) is 0 Å². The van der Waals surface area contributed by atoms with Crippen molar-refractivity contribution in [3.8, 4) is 0 Å². The molecule has 64 valence electrons. The Bertz CT molecular complexity index is 161. The number of ether oxygens (including phenoxy) is 1. The van der Waals surface area contributed by atoms with Crippen LogP contribution in [0.4, 0.5) is 0 Å². The van der Waals surface area contributed by atoms with Crippen LogP contribution in [-0.2, 0) is 9.53 Å². The summed E-state index contributed by atoms with van der Waals surface area (Å²) in [7, 11) is 0. The number of carbonyl (C=O) groups excluding carboxylic acids is 1. The SMILES string of the molecule is CC1COC(C(=O)[O-])C[C@@H]1O.[Na+]. The maximum atomic E-state index is 10.3. The van der Waals surface area contributed by atoms with Crippen LogP contribution in [0.3, 0.4) is 0 Å². The van der Waals surface area contributed by atoms with E-state index in [1.165, 1.54) is 0 Å². The van der Waals surface area contributed by atoms with Gasteiger partial charge in [-0.1, -0.05) is 6.92 Å². The molecular formula is C7H11NaO4. The number of aliphatic hydroxyl groups is 1. The molecule has 1 aliphatic rings. The van der Waals surface area contributed by atoms with Gasteiger partial charge in [-0.05, 0) is 0 Å². The molecule has 1 rings (SSSR count). The van der Waals surface area contributed by atoms with E-state index in [1.807, 2.05) is 6.92 Å². The molecule has 0 aromatic heterocycles. The zero-order chi connectivity index (χ0) is 8.43. The minimum atomic E-state index is -1.24. The first-order valence-electron chi connectivity index (χ1n) is 3.61. The molecule has 0 saturated carbocycles. The van der Waals surface area contributed by atoms with Crippen LogP contribution >= 0.6 is 0 Å². The zero-order valence-corrected chi connectivity index (χ0v) is 9.32. The molecule has 1 aliphatic heterocycles. The molecule has 0 radical (unpaired) electrons. The Morgan fingerprint density at radius 1 is 1.67 bits per heavy atom. The van der Waals surface area contributed by atoms with Gasteiger partial charge in [-0.15, -0.1) is 0 Å². The first kappa shape index (κ1) is 12.4. The van der Waals surface area contributed by atoms with Crippen molar-refractivity contribution in [2.75, 3.05) is 6.61 Å². The van der Waals surface area contributed by atoms with Crippen molar-refractivity contribution < 1.29 is 49.3 Å². The average Bonchev–Trinajstić information content (AvgIpc) is 1.94. The summed E-state index contributed by atoms with van der Waals surface area (Å²) in [5.41, 5.74) is 0. The fraction of sp³-hybridized carbons (Fsp3) is 0.857.